The van der Waals surface area contributed by atoms with Crippen LogP contribution in [0.15, 0.2) is 42.6 Å². The normalized spacial score (nSPS) is 10.0. The van der Waals surface area contributed by atoms with Gasteiger partial charge in [0.25, 0.3) is 0 Å². The van der Waals surface area contributed by atoms with Crippen LogP contribution in [0.3, 0.4) is 0 Å². The molecule has 3 heteroatoms. The van der Waals surface area contributed by atoms with Crippen LogP contribution in [0.4, 0.5) is 11.4 Å². The molecular formula is C11H11N3. The number of aromatic nitrogens is 1. The molecule has 0 aliphatic heterocycles. The third kappa shape index (κ3) is 1.66. The minimum atomic E-state index is 0.664. The second-order valence-electron chi connectivity index (χ2n) is 3.10. The van der Waals surface area contributed by atoms with Gasteiger partial charge in [-0.1, -0.05) is 12.1 Å². The molecule has 0 saturated heterocycles. The maximum absolute atomic E-state index is 5.67. The van der Waals surface area contributed by atoms with Gasteiger partial charge in [-0.05, 0) is 24.3 Å². The van der Waals surface area contributed by atoms with E-state index in [2.05, 4.69) is 4.98 Å². The van der Waals surface area contributed by atoms with E-state index >= 15 is 0 Å². The van der Waals surface area contributed by atoms with Gasteiger partial charge in [-0.15, -0.1) is 0 Å². The lowest BCUT2D eigenvalue weighted by molar-refractivity contribution is 1.33. The average molecular weight is 185 g/mol. The number of nitrogens with two attached hydrogens (primary N) is 2. The lowest BCUT2D eigenvalue weighted by atomic mass is 10.1. The standard InChI is InChI=1S/C11H11N3/c12-9-3-1-2-8(6-9)11-5-4-10(13)7-14-11/h1-7H,12-13H2. The molecule has 14 heavy (non-hydrogen) atoms. The summed E-state index contributed by atoms with van der Waals surface area (Å²) in [5, 5.41) is 0. The molecular weight excluding hydrogens is 174 g/mol. The Bertz CT molecular complexity index is 435. The van der Waals surface area contributed by atoms with Gasteiger partial charge in [0.1, 0.15) is 0 Å². The largest absolute Gasteiger partial charge is 0.399 e. The summed E-state index contributed by atoms with van der Waals surface area (Å²) in [5.41, 5.74) is 14.5. The predicted molar refractivity (Wildman–Crippen MR) is 58.5 cm³/mol. The molecule has 2 aromatic rings. The van der Waals surface area contributed by atoms with Crippen molar-refractivity contribution in [3.63, 3.8) is 0 Å². The Morgan fingerprint density at radius 1 is 0.929 bits per heavy atom. The molecule has 0 unspecified atom stereocenters. The number of nitrogens with zero attached hydrogens (tertiary/aromatic N) is 1. The number of nitrogen functional groups attached to an aromatic ring is 2. The van der Waals surface area contributed by atoms with Crippen LogP contribution in [0.5, 0.6) is 0 Å². The minimum Gasteiger partial charge on any atom is -0.399 e. The van der Waals surface area contributed by atoms with Gasteiger partial charge in [-0.25, -0.2) is 0 Å². The Morgan fingerprint density at radius 2 is 1.79 bits per heavy atom. The van der Waals surface area contributed by atoms with Crippen LogP contribution in [0.1, 0.15) is 0 Å². The first-order chi connectivity index (χ1) is 6.75. The van der Waals surface area contributed by atoms with E-state index < -0.39 is 0 Å². The molecule has 0 aliphatic carbocycles. The molecule has 0 atom stereocenters. The highest BCUT2D eigenvalue weighted by Gasteiger charge is 1.98. The first-order valence-corrected chi connectivity index (χ1v) is 4.33. The van der Waals surface area contributed by atoms with Crippen LogP contribution in [0.25, 0.3) is 11.3 Å². The van der Waals surface area contributed by atoms with Crippen LogP contribution in [-0.4, -0.2) is 4.98 Å². The van der Waals surface area contributed by atoms with Crippen molar-refractivity contribution in [3.8, 4) is 11.3 Å². The fourth-order valence-corrected chi connectivity index (χ4v) is 1.27. The Labute approximate surface area is 82.4 Å². The SMILES string of the molecule is Nc1ccc(-c2cccc(N)c2)nc1. The summed E-state index contributed by atoms with van der Waals surface area (Å²) in [6, 6.07) is 11.3. The second-order valence-corrected chi connectivity index (χ2v) is 3.10. The molecule has 2 rings (SSSR count). The topological polar surface area (TPSA) is 64.9 Å². The van der Waals surface area contributed by atoms with E-state index in [1.54, 1.807) is 6.20 Å². The van der Waals surface area contributed by atoms with Gasteiger partial charge < -0.3 is 11.5 Å². The maximum atomic E-state index is 5.67. The number of benzene rings is 1. The van der Waals surface area contributed by atoms with Crippen LogP contribution in [0.2, 0.25) is 0 Å². The van der Waals surface area contributed by atoms with Crippen molar-refractivity contribution in [1.29, 1.82) is 0 Å². The molecule has 0 spiro atoms. The van der Waals surface area contributed by atoms with E-state index in [0.717, 1.165) is 16.9 Å². The molecule has 0 radical (unpaired) electrons. The van der Waals surface area contributed by atoms with Gasteiger partial charge in [0.2, 0.25) is 0 Å². The van der Waals surface area contributed by atoms with Gasteiger partial charge >= 0.3 is 0 Å². The second kappa shape index (κ2) is 3.38. The lowest BCUT2D eigenvalue weighted by Crippen LogP contribution is -1.89. The van der Waals surface area contributed by atoms with Crippen LogP contribution in [-0.2, 0) is 0 Å². The summed E-state index contributed by atoms with van der Waals surface area (Å²) >= 11 is 0. The van der Waals surface area contributed by atoms with Crippen molar-refractivity contribution < 1.29 is 0 Å². The number of hydrogen-bond acceptors (Lipinski definition) is 3. The lowest BCUT2D eigenvalue weighted by Gasteiger charge is -2.01. The summed E-state index contributed by atoms with van der Waals surface area (Å²) in [7, 11) is 0. The molecule has 1 heterocycles. The number of anilines is 2. The number of pyridine rings is 1. The van der Waals surface area contributed by atoms with E-state index in [-0.39, 0.29) is 0 Å². The Hall–Kier alpha value is -2.03. The van der Waals surface area contributed by atoms with Crippen LogP contribution in [0, 0.1) is 0 Å². The molecule has 70 valence electrons. The Balaban J connectivity index is 2.44. The highest BCUT2D eigenvalue weighted by atomic mass is 14.7. The predicted octanol–water partition coefficient (Wildman–Crippen LogP) is 1.91. The number of hydrogen-bond donors (Lipinski definition) is 2. The zero-order valence-electron chi connectivity index (χ0n) is 7.64. The van der Waals surface area contributed by atoms with Crippen LogP contribution < -0.4 is 11.5 Å². The molecule has 0 saturated carbocycles. The Kier molecular flexibility index (Phi) is 2.07. The van der Waals surface area contributed by atoms with Gasteiger partial charge in [0.05, 0.1) is 17.6 Å². The van der Waals surface area contributed by atoms with Crippen molar-refractivity contribution >= 4 is 11.4 Å². The van der Waals surface area contributed by atoms with Gasteiger partial charge in [-0.3, -0.25) is 4.98 Å². The molecule has 0 fully saturated rings. The van der Waals surface area contributed by atoms with Crippen molar-refractivity contribution in [1.82, 2.24) is 4.98 Å². The van der Waals surface area contributed by atoms with Crippen molar-refractivity contribution in [2.45, 2.75) is 0 Å². The van der Waals surface area contributed by atoms with Crippen molar-refractivity contribution in [2.24, 2.45) is 0 Å². The molecule has 0 amide bonds. The highest BCUT2D eigenvalue weighted by Crippen LogP contribution is 2.19. The third-order valence-electron chi connectivity index (χ3n) is 1.97. The zero-order chi connectivity index (χ0) is 9.97. The molecule has 1 aromatic heterocycles. The van der Waals surface area contributed by atoms with E-state index in [1.807, 2.05) is 36.4 Å². The summed E-state index contributed by atoms with van der Waals surface area (Å²) in [6.45, 7) is 0. The molecule has 3 nitrogen and oxygen atoms in total. The van der Waals surface area contributed by atoms with Gasteiger partial charge in [-0.2, -0.15) is 0 Å². The summed E-state index contributed by atoms with van der Waals surface area (Å²) < 4.78 is 0. The van der Waals surface area contributed by atoms with E-state index in [4.69, 9.17) is 11.5 Å². The summed E-state index contributed by atoms with van der Waals surface area (Å²) in [6.07, 6.45) is 1.64. The molecule has 4 N–H and O–H groups in total. The summed E-state index contributed by atoms with van der Waals surface area (Å²) in [5.74, 6) is 0. The zero-order valence-corrected chi connectivity index (χ0v) is 7.64. The highest BCUT2D eigenvalue weighted by molar-refractivity contribution is 5.64. The monoisotopic (exact) mass is 185 g/mol. The number of rotatable bonds is 1. The van der Waals surface area contributed by atoms with Gasteiger partial charge in [0, 0.05) is 11.3 Å². The van der Waals surface area contributed by atoms with Crippen LogP contribution >= 0.6 is 0 Å². The third-order valence-corrected chi connectivity index (χ3v) is 1.97. The maximum Gasteiger partial charge on any atom is 0.0704 e. The van der Waals surface area contributed by atoms with E-state index in [0.29, 0.717) is 5.69 Å². The first-order valence-electron chi connectivity index (χ1n) is 4.33. The fraction of sp³-hybridized carbons (Fsp3) is 0. The molecule has 1 aromatic carbocycles. The first kappa shape index (κ1) is 8.56. The average Bonchev–Trinajstić information content (AvgIpc) is 2.19. The summed E-state index contributed by atoms with van der Waals surface area (Å²) in [4.78, 5) is 4.21. The fourth-order valence-electron chi connectivity index (χ4n) is 1.27. The minimum absolute atomic E-state index is 0.664. The van der Waals surface area contributed by atoms with Crippen molar-refractivity contribution in [3.05, 3.63) is 42.6 Å². The smallest absolute Gasteiger partial charge is 0.0704 e. The van der Waals surface area contributed by atoms with E-state index in [9.17, 15) is 0 Å². The molecule has 0 bridgehead atoms. The van der Waals surface area contributed by atoms with Gasteiger partial charge in [0.15, 0.2) is 0 Å². The quantitative estimate of drug-likeness (QED) is 0.667. The van der Waals surface area contributed by atoms with E-state index in [1.165, 1.54) is 0 Å². The molecule has 0 aliphatic rings. The van der Waals surface area contributed by atoms with Crippen molar-refractivity contribution in [2.75, 3.05) is 11.5 Å². The Morgan fingerprint density at radius 3 is 2.43 bits per heavy atom.